The van der Waals surface area contributed by atoms with Crippen molar-refractivity contribution in [3.63, 3.8) is 0 Å². The molecule has 0 aromatic heterocycles. The highest BCUT2D eigenvalue weighted by Gasteiger charge is 2.12. The Morgan fingerprint density at radius 1 is 1.36 bits per heavy atom. The molecule has 0 aromatic carbocycles. The van der Waals surface area contributed by atoms with Crippen molar-refractivity contribution < 1.29 is 9.47 Å². The highest BCUT2D eigenvalue weighted by molar-refractivity contribution is 4.97. The molecule has 0 heterocycles. The van der Waals surface area contributed by atoms with Crippen LogP contribution in [0.1, 0.15) is 13.3 Å². The normalized spacial score (nSPS) is 12.4. The summed E-state index contributed by atoms with van der Waals surface area (Å²) in [5.41, 5.74) is 5.59. The Morgan fingerprint density at radius 3 is 2.43 bits per heavy atom. The molecule has 0 saturated carbocycles. The fourth-order valence-corrected chi connectivity index (χ4v) is 1.07. The average Bonchev–Trinajstić information content (AvgIpc) is 2.23. The second kappa shape index (κ2) is 8.97. The fraction of sp³-hybridized carbons (Fsp3) is 0.800. The number of hydrogen-bond acceptors (Lipinski definition) is 4. The minimum atomic E-state index is -0.203. The van der Waals surface area contributed by atoms with Crippen molar-refractivity contribution in [2.45, 2.75) is 25.7 Å². The van der Waals surface area contributed by atoms with E-state index in [1.54, 1.807) is 14.2 Å². The molecule has 0 spiro atoms. The SMILES string of the molecule is CC#CCNC(CN)CC(OC)OC. The second-order valence-corrected chi connectivity index (χ2v) is 2.88. The molecule has 0 amide bonds. The highest BCUT2D eigenvalue weighted by Crippen LogP contribution is 2.01. The van der Waals surface area contributed by atoms with Gasteiger partial charge in [0, 0.05) is 33.2 Å². The van der Waals surface area contributed by atoms with E-state index in [-0.39, 0.29) is 12.3 Å². The summed E-state index contributed by atoms with van der Waals surface area (Å²) in [4.78, 5) is 0. The molecular weight excluding hydrogens is 180 g/mol. The van der Waals surface area contributed by atoms with Gasteiger partial charge in [-0.05, 0) is 6.92 Å². The Kier molecular flexibility index (Phi) is 8.59. The topological polar surface area (TPSA) is 56.5 Å². The third kappa shape index (κ3) is 5.95. The van der Waals surface area contributed by atoms with Crippen molar-refractivity contribution in [1.29, 1.82) is 0 Å². The molecule has 1 atom stereocenters. The van der Waals surface area contributed by atoms with Crippen molar-refractivity contribution in [1.82, 2.24) is 5.32 Å². The second-order valence-electron chi connectivity index (χ2n) is 2.88. The zero-order valence-electron chi connectivity index (χ0n) is 9.17. The Bertz CT molecular complexity index is 182. The van der Waals surface area contributed by atoms with Gasteiger partial charge in [0.2, 0.25) is 0 Å². The van der Waals surface area contributed by atoms with Gasteiger partial charge in [0.15, 0.2) is 6.29 Å². The molecule has 14 heavy (non-hydrogen) atoms. The number of hydrogen-bond donors (Lipinski definition) is 2. The van der Waals surface area contributed by atoms with Crippen molar-refractivity contribution >= 4 is 0 Å². The highest BCUT2D eigenvalue weighted by atomic mass is 16.7. The van der Waals surface area contributed by atoms with Crippen LogP contribution in [0.5, 0.6) is 0 Å². The van der Waals surface area contributed by atoms with Crippen LogP contribution >= 0.6 is 0 Å². The Morgan fingerprint density at radius 2 is 2.00 bits per heavy atom. The van der Waals surface area contributed by atoms with Gasteiger partial charge in [0.25, 0.3) is 0 Å². The van der Waals surface area contributed by atoms with Crippen LogP contribution in [0.25, 0.3) is 0 Å². The van der Waals surface area contributed by atoms with Crippen LogP contribution in [0, 0.1) is 11.8 Å². The smallest absolute Gasteiger partial charge is 0.158 e. The van der Waals surface area contributed by atoms with Crippen LogP contribution < -0.4 is 11.1 Å². The van der Waals surface area contributed by atoms with Crippen LogP contribution in [-0.4, -0.2) is 39.6 Å². The zero-order chi connectivity index (χ0) is 10.8. The first-order valence-electron chi connectivity index (χ1n) is 4.67. The Labute approximate surface area is 86.1 Å². The van der Waals surface area contributed by atoms with E-state index in [0.29, 0.717) is 13.1 Å². The first-order chi connectivity index (χ1) is 6.78. The largest absolute Gasteiger partial charge is 0.356 e. The molecule has 0 radical (unpaired) electrons. The summed E-state index contributed by atoms with van der Waals surface area (Å²) in [5.74, 6) is 5.74. The van der Waals surface area contributed by atoms with Crippen molar-refractivity contribution in [2.24, 2.45) is 5.73 Å². The molecule has 0 rings (SSSR count). The molecule has 0 aliphatic heterocycles. The van der Waals surface area contributed by atoms with Gasteiger partial charge in [-0.25, -0.2) is 0 Å². The van der Waals surface area contributed by atoms with Crippen LogP contribution in [0.4, 0.5) is 0 Å². The lowest BCUT2D eigenvalue weighted by Crippen LogP contribution is -2.39. The minimum absolute atomic E-state index is 0.181. The van der Waals surface area contributed by atoms with Gasteiger partial charge < -0.3 is 20.5 Å². The van der Waals surface area contributed by atoms with Gasteiger partial charge >= 0.3 is 0 Å². The van der Waals surface area contributed by atoms with Gasteiger partial charge in [-0.15, -0.1) is 5.92 Å². The van der Waals surface area contributed by atoms with Gasteiger partial charge in [0.1, 0.15) is 0 Å². The number of methoxy groups -OCH3 is 2. The van der Waals surface area contributed by atoms with Crippen LogP contribution in [0.3, 0.4) is 0 Å². The molecule has 82 valence electrons. The molecular formula is C10H20N2O2. The summed E-state index contributed by atoms with van der Waals surface area (Å²) < 4.78 is 10.2. The predicted molar refractivity (Wildman–Crippen MR) is 56.7 cm³/mol. The van der Waals surface area contributed by atoms with E-state index in [0.717, 1.165) is 6.42 Å². The quantitative estimate of drug-likeness (QED) is 0.446. The lowest BCUT2D eigenvalue weighted by molar-refractivity contribution is -0.110. The maximum Gasteiger partial charge on any atom is 0.158 e. The molecule has 0 aliphatic carbocycles. The maximum atomic E-state index is 5.59. The van der Waals surface area contributed by atoms with Gasteiger partial charge in [-0.2, -0.15) is 0 Å². The molecule has 0 bridgehead atoms. The molecule has 4 nitrogen and oxygen atoms in total. The van der Waals surface area contributed by atoms with E-state index < -0.39 is 0 Å². The standard InChI is InChI=1S/C10H20N2O2/c1-4-5-6-12-9(8-11)7-10(13-2)14-3/h9-10,12H,6-8,11H2,1-3H3. The molecule has 1 unspecified atom stereocenters. The monoisotopic (exact) mass is 200 g/mol. The van der Waals surface area contributed by atoms with Crippen molar-refractivity contribution in [2.75, 3.05) is 27.3 Å². The first kappa shape index (κ1) is 13.4. The zero-order valence-corrected chi connectivity index (χ0v) is 9.17. The molecule has 0 fully saturated rings. The van der Waals surface area contributed by atoms with E-state index in [2.05, 4.69) is 17.2 Å². The van der Waals surface area contributed by atoms with E-state index in [9.17, 15) is 0 Å². The summed E-state index contributed by atoms with van der Waals surface area (Å²) in [7, 11) is 3.24. The van der Waals surface area contributed by atoms with E-state index in [4.69, 9.17) is 15.2 Å². The number of rotatable bonds is 7. The van der Waals surface area contributed by atoms with E-state index in [1.807, 2.05) is 6.92 Å². The van der Waals surface area contributed by atoms with E-state index in [1.165, 1.54) is 0 Å². The van der Waals surface area contributed by atoms with Crippen LogP contribution in [0.15, 0.2) is 0 Å². The van der Waals surface area contributed by atoms with Crippen molar-refractivity contribution in [3.8, 4) is 11.8 Å². The summed E-state index contributed by atoms with van der Waals surface area (Å²) >= 11 is 0. The van der Waals surface area contributed by atoms with E-state index >= 15 is 0 Å². The molecule has 3 N–H and O–H groups in total. The molecule has 0 aliphatic rings. The van der Waals surface area contributed by atoms with Crippen molar-refractivity contribution in [3.05, 3.63) is 0 Å². The Balaban J connectivity index is 3.80. The third-order valence-corrected chi connectivity index (χ3v) is 1.94. The summed E-state index contributed by atoms with van der Waals surface area (Å²) in [5, 5.41) is 3.21. The summed E-state index contributed by atoms with van der Waals surface area (Å²) in [6, 6.07) is 0.181. The predicted octanol–water partition coefficient (Wildman–Crippen LogP) is -0.0644. The first-order valence-corrected chi connectivity index (χ1v) is 4.67. The minimum Gasteiger partial charge on any atom is -0.356 e. The maximum absolute atomic E-state index is 5.59. The summed E-state index contributed by atoms with van der Waals surface area (Å²) in [6.45, 7) is 3.01. The summed E-state index contributed by atoms with van der Waals surface area (Å²) in [6.07, 6.45) is 0.528. The fourth-order valence-electron chi connectivity index (χ4n) is 1.07. The lowest BCUT2D eigenvalue weighted by Gasteiger charge is -2.20. The number of nitrogens with one attached hydrogen (secondary N) is 1. The van der Waals surface area contributed by atoms with Gasteiger partial charge in [-0.1, -0.05) is 5.92 Å². The van der Waals surface area contributed by atoms with Gasteiger partial charge in [0.05, 0.1) is 6.54 Å². The third-order valence-electron chi connectivity index (χ3n) is 1.94. The number of ether oxygens (including phenoxy) is 2. The van der Waals surface area contributed by atoms with Crippen LogP contribution in [0.2, 0.25) is 0 Å². The molecule has 0 aromatic rings. The average molecular weight is 200 g/mol. The molecule has 0 saturated heterocycles. The van der Waals surface area contributed by atoms with Gasteiger partial charge in [-0.3, -0.25) is 0 Å². The lowest BCUT2D eigenvalue weighted by atomic mass is 10.2. The molecule has 4 heteroatoms. The Hall–Kier alpha value is -0.600. The van der Waals surface area contributed by atoms with Crippen LogP contribution in [-0.2, 0) is 9.47 Å². The number of nitrogens with two attached hydrogens (primary N) is 1.